The number of amides is 4. The van der Waals surface area contributed by atoms with Gasteiger partial charge in [-0.1, -0.05) is 19.4 Å². The third-order valence-corrected chi connectivity index (χ3v) is 3.35. The number of hydrogen-bond acceptors (Lipinski definition) is 5. The normalized spacial score (nSPS) is 9.88. The molecule has 0 saturated heterocycles. The van der Waals surface area contributed by atoms with E-state index in [-0.39, 0.29) is 13.2 Å². The van der Waals surface area contributed by atoms with Crippen LogP contribution in [0.4, 0.5) is 21.0 Å². The molecule has 0 bridgehead atoms. The largest absolute Gasteiger partial charge is 0.450 e. The summed E-state index contributed by atoms with van der Waals surface area (Å²) in [6.45, 7) is 6.29. The summed E-state index contributed by atoms with van der Waals surface area (Å²) in [5.41, 5.74) is 2.02. The molecule has 0 aliphatic heterocycles. The topological polar surface area (TPSA) is 109 Å². The molecule has 0 aliphatic carbocycles. The summed E-state index contributed by atoms with van der Waals surface area (Å²) in [6, 6.07) is 4.75. The lowest BCUT2D eigenvalue weighted by molar-refractivity contribution is -0.118. The van der Waals surface area contributed by atoms with E-state index in [1.54, 1.807) is 32.0 Å². The first-order chi connectivity index (χ1) is 12.0. The van der Waals surface area contributed by atoms with Crippen LogP contribution in [0.2, 0.25) is 0 Å². The van der Waals surface area contributed by atoms with Crippen LogP contribution in [0, 0.1) is 6.92 Å². The number of rotatable bonds is 8. The summed E-state index contributed by atoms with van der Waals surface area (Å²) >= 11 is 0. The number of carbonyl (C=O) groups excluding carboxylic acids is 3. The zero-order valence-corrected chi connectivity index (χ0v) is 14.9. The minimum Gasteiger partial charge on any atom is -0.450 e. The van der Waals surface area contributed by atoms with Gasteiger partial charge in [0.1, 0.15) is 0 Å². The average molecular weight is 350 g/mol. The maximum Gasteiger partial charge on any atom is 0.411 e. The number of nitrogens with one attached hydrogen (secondary N) is 4. The second kappa shape index (κ2) is 10.9. The molecule has 8 heteroatoms. The second-order valence-electron chi connectivity index (χ2n) is 5.33. The SMILES string of the molecule is CCCCNC(=O)NC(=O)CNc1cccc(NC(=O)OCC)c1C. The highest BCUT2D eigenvalue weighted by Gasteiger charge is 2.10. The molecular formula is C17H26N4O4. The molecule has 1 aromatic carbocycles. The molecule has 0 fully saturated rings. The predicted molar refractivity (Wildman–Crippen MR) is 96.8 cm³/mol. The number of anilines is 2. The van der Waals surface area contributed by atoms with Crippen LogP contribution in [-0.4, -0.2) is 37.7 Å². The van der Waals surface area contributed by atoms with Crippen LogP contribution in [0.5, 0.6) is 0 Å². The van der Waals surface area contributed by atoms with Gasteiger partial charge in [-0.2, -0.15) is 0 Å². The number of benzene rings is 1. The molecule has 0 heterocycles. The quantitative estimate of drug-likeness (QED) is 0.539. The minimum absolute atomic E-state index is 0.0646. The van der Waals surface area contributed by atoms with E-state index in [2.05, 4.69) is 21.3 Å². The van der Waals surface area contributed by atoms with E-state index in [1.807, 2.05) is 6.92 Å². The van der Waals surface area contributed by atoms with Crippen LogP contribution in [0.25, 0.3) is 0 Å². The molecule has 0 unspecified atom stereocenters. The predicted octanol–water partition coefficient (Wildman–Crippen LogP) is 2.60. The Morgan fingerprint density at radius 3 is 2.52 bits per heavy atom. The van der Waals surface area contributed by atoms with Crippen LogP contribution < -0.4 is 21.3 Å². The van der Waals surface area contributed by atoms with Crippen molar-refractivity contribution in [1.29, 1.82) is 0 Å². The monoisotopic (exact) mass is 350 g/mol. The fourth-order valence-corrected chi connectivity index (χ4v) is 2.01. The third-order valence-electron chi connectivity index (χ3n) is 3.35. The maximum absolute atomic E-state index is 11.8. The summed E-state index contributed by atoms with van der Waals surface area (Å²) in [4.78, 5) is 34.8. The van der Waals surface area contributed by atoms with Crippen molar-refractivity contribution in [3.8, 4) is 0 Å². The first-order valence-electron chi connectivity index (χ1n) is 8.32. The van der Waals surface area contributed by atoms with Gasteiger partial charge in [0.25, 0.3) is 0 Å². The number of unbranched alkanes of at least 4 members (excludes halogenated alkanes) is 1. The summed E-state index contributed by atoms with van der Waals surface area (Å²) in [5, 5.41) is 10.4. The van der Waals surface area contributed by atoms with Crippen molar-refractivity contribution in [2.24, 2.45) is 0 Å². The number of carbonyl (C=O) groups is 3. The molecule has 138 valence electrons. The van der Waals surface area contributed by atoms with Gasteiger partial charge in [0.05, 0.1) is 13.2 Å². The molecule has 0 radical (unpaired) electrons. The lowest BCUT2D eigenvalue weighted by Gasteiger charge is -2.14. The van der Waals surface area contributed by atoms with Gasteiger partial charge in [0.2, 0.25) is 5.91 Å². The van der Waals surface area contributed by atoms with Gasteiger partial charge in [-0.25, -0.2) is 9.59 Å². The molecule has 4 amide bonds. The lowest BCUT2D eigenvalue weighted by atomic mass is 10.1. The van der Waals surface area contributed by atoms with Crippen LogP contribution >= 0.6 is 0 Å². The minimum atomic E-state index is -0.538. The van der Waals surface area contributed by atoms with E-state index in [4.69, 9.17) is 4.74 Å². The number of ether oxygens (including phenoxy) is 1. The van der Waals surface area contributed by atoms with Gasteiger partial charge in [0.15, 0.2) is 0 Å². The lowest BCUT2D eigenvalue weighted by Crippen LogP contribution is -2.42. The van der Waals surface area contributed by atoms with E-state index < -0.39 is 18.0 Å². The smallest absolute Gasteiger partial charge is 0.411 e. The molecule has 0 aliphatic rings. The molecule has 0 atom stereocenters. The Bertz CT molecular complexity index is 604. The van der Waals surface area contributed by atoms with Crippen molar-refractivity contribution in [2.45, 2.75) is 33.6 Å². The van der Waals surface area contributed by atoms with Crippen molar-refractivity contribution in [3.05, 3.63) is 23.8 Å². The van der Waals surface area contributed by atoms with Crippen LogP contribution in [-0.2, 0) is 9.53 Å². The van der Waals surface area contributed by atoms with E-state index in [0.29, 0.717) is 17.9 Å². The van der Waals surface area contributed by atoms with E-state index in [1.165, 1.54) is 0 Å². The summed E-state index contributed by atoms with van der Waals surface area (Å²) < 4.78 is 4.84. The van der Waals surface area contributed by atoms with E-state index in [0.717, 1.165) is 18.4 Å². The summed E-state index contributed by atoms with van der Waals surface area (Å²) in [6.07, 6.45) is 1.29. The summed E-state index contributed by atoms with van der Waals surface area (Å²) in [5.74, 6) is -0.447. The van der Waals surface area contributed by atoms with Crippen LogP contribution in [0.1, 0.15) is 32.3 Å². The van der Waals surface area contributed by atoms with Gasteiger partial charge in [-0.05, 0) is 38.0 Å². The van der Waals surface area contributed by atoms with Gasteiger partial charge in [-0.15, -0.1) is 0 Å². The van der Waals surface area contributed by atoms with Gasteiger partial charge in [-0.3, -0.25) is 15.4 Å². The van der Waals surface area contributed by atoms with Gasteiger partial charge < -0.3 is 15.4 Å². The highest BCUT2D eigenvalue weighted by atomic mass is 16.5. The van der Waals surface area contributed by atoms with Crippen molar-refractivity contribution >= 4 is 29.4 Å². The van der Waals surface area contributed by atoms with Gasteiger partial charge in [0, 0.05) is 17.9 Å². The molecule has 1 aromatic rings. The van der Waals surface area contributed by atoms with Crippen LogP contribution in [0.15, 0.2) is 18.2 Å². The Balaban J connectivity index is 2.52. The Morgan fingerprint density at radius 1 is 1.12 bits per heavy atom. The maximum atomic E-state index is 11.8. The molecule has 0 saturated carbocycles. The zero-order valence-electron chi connectivity index (χ0n) is 14.9. The standard InChI is InChI=1S/C17H26N4O4/c1-4-6-10-18-16(23)21-15(22)11-19-13-8-7-9-14(12(13)3)20-17(24)25-5-2/h7-9,19H,4-6,10-11H2,1-3H3,(H,20,24)(H2,18,21,22,23). The van der Waals surface area contributed by atoms with Gasteiger partial charge >= 0.3 is 12.1 Å². The van der Waals surface area contributed by atoms with Crippen molar-refractivity contribution < 1.29 is 19.1 Å². The molecule has 25 heavy (non-hydrogen) atoms. The van der Waals surface area contributed by atoms with Crippen molar-refractivity contribution in [3.63, 3.8) is 0 Å². The van der Waals surface area contributed by atoms with Crippen LogP contribution in [0.3, 0.4) is 0 Å². The number of imide groups is 1. The van der Waals surface area contributed by atoms with E-state index >= 15 is 0 Å². The first-order valence-corrected chi connectivity index (χ1v) is 8.32. The highest BCUT2D eigenvalue weighted by Crippen LogP contribution is 2.23. The molecule has 0 aromatic heterocycles. The molecule has 8 nitrogen and oxygen atoms in total. The summed E-state index contributed by atoms with van der Waals surface area (Å²) in [7, 11) is 0. The molecule has 0 spiro atoms. The first kappa shape index (κ1) is 20.3. The Hall–Kier alpha value is -2.77. The zero-order chi connectivity index (χ0) is 18.7. The second-order valence-corrected chi connectivity index (χ2v) is 5.33. The Morgan fingerprint density at radius 2 is 1.84 bits per heavy atom. The van der Waals surface area contributed by atoms with Crippen molar-refractivity contribution in [2.75, 3.05) is 30.3 Å². The third kappa shape index (κ3) is 7.56. The highest BCUT2D eigenvalue weighted by molar-refractivity contribution is 5.96. The Labute approximate surface area is 147 Å². The van der Waals surface area contributed by atoms with E-state index in [9.17, 15) is 14.4 Å². The molecule has 1 rings (SSSR count). The molecule has 4 N–H and O–H groups in total. The fraction of sp³-hybridized carbons (Fsp3) is 0.471. The number of urea groups is 1. The number of hydrogen-bond donors (Lipinski definition) is 4. The fourth-order valence-electron chi connectivity index (χ4n) is 2.01. The Kier molecular flexibility index (Phi) is 8.84. The van der Waals surface area contributed by atoms with Crippen molar-refractivity contribution in [1.82, 2.24) is 10.6 Å². The average Bonchev–Trinajstić information content (AvgIpc) is 2.56. The molecular weight excluding hydrogens is 324 g/mol.